The Bertz CT molecular complexity index is 382. The van der Waals surface area contributed by atoms with Crippen LogP contribution in [0.2, 0.25) is 0 Å². The van der Waals surface area contributed by atoms with Gasteiger partial charge in [-0.25, -0.2) is 0 Å². The smallest absolute Gasteiger partial charge is 0.229 e. The molecular formula is C14H20N2O. The van der Waals surface area contributed by atoms with Gasteiger partial charge in [0.1, 0.15) is 0 Å². The average Bonchev–Trinajstić information content (AvgIpc) is 2.78. The first-order valence-corrected chi connectivity index (χ1v) is 6.12. The SMILES string of the molecule is CN(Cc1ccccc1)C(=O)C1(C)CCNC1. The van der Waals surface area contributed by atoms with E-state index in [4.69, 9.17) is 0 Å². The molecule has 3 nitrogen and oxygen atoms in total. The predicted octanol–water partition coefficient (Wildman–Crippen LogP) is 1.64. The lowest BCUT2D eigenvalue weighted by Gasteiger charge is -2.28. The van der Waals surface area contributed by atoms with E-state index in [0.29, 0.717) is 6.54 Å². The van der Waals surface area contributed by atoms with E-state index in [1.807, 2.05) is 30.1 Å². The molecule has 0 aliphatic carbocycles. The highest BCUT2D eigenvalue weighted by Crippen LogP contribution is 2.27. The maximum Gasteiger partial charge on any atom is 0.229 e. The van der Waals surface area contributed by atoms with Crippen LogP contribution >= 0.6 is 0 Å². The third-order valence-electron chi connectivity index (χ3n) is 3.49. The number of nitrogens with zero attached hydrogens (tertiary/aromatic N) is 1. The minimum atomic E-state index is -0.219. The summed E-state index contributed by atoms with van der Waals surface area (Å²) in [5, 5.41) is 3.26. The summed E-state index contributed by atoms with van der Waals surface area (Å²) in [6.45, 7) is 4.48. The summed E-state index contributed by atoms with van der Waals surface area (Å²) in [4.78, 5) is 14.2. The summed E-state index contributed by atoms with van der Waals surface area (Å²) in [6, 6.07) is 10.1. The topological polar surface area (TPSA) is 32.3 Å². The molecular weight excluding hydrogens is 212 g/mol. The number of carbonyl (C=O) groups excluding carboxylic acids is 1. The van der Waals surface area contributed by atoms with Crippen molar-refractivity contribution in [2.24, 2.45) is 5.41 Å². The molecule has 2 rings (SSSR count). The van der Waals surface area contributed by atoms with Crippen molar-refractivity contribution in [3.8, 4) is 0 Å². The van der Waals surface area contributed by atoms with Gasteiger partial charge in [-0.05, 0) is 25.5 Å². The molecule has 0 aromatic heterocycles. The van der Waals surface area contributed by atoms with Gasteiger partial charge in [-0.2, -0.15) is 0 Å². The second-order valence-electron chi connectivity index (χ2n) is 5.13. The van der Waals surface area contributed by atoms with E-state index >= 15 is 0 Å². The highest BCUT2D eigenvalue weighted by Gasteiger charge is 2.38. The van der Waals surface area contributed by atoms with Gasteiger partial charge in [0, 0.05) is 20.1 Å². The van der Waals surface area contributed by atoms with Crippen molar-refractivity contribution in [1.82, 2.24) is 10.2 Å². The van der Waals surface area contributed by atoms with Gasteiger partial charge in [-0.1, -0.05) is 30.3 Å². The van der Waals surface area contributed by atoms with Crippen LogP contribution in [0.15, 0.2) is 30.3 Å². The zero-order valence-electron chi connectivity index (χ0n) is 10.6. The maximum atomic E-state index is 12.4. The van der Waals surface area contributed by atoms with E-state index < -0.39 is 0 Å². The van der Waals surface area contributed by atoms with Gasteiger partial charge in [0.2, 0.25) is 5.91 Å². The summed E-state index contributed by atoms with van der Waals surface area (Å²) in [5.41, 5.74) is 0.960. The Hall–Kier alpha value is -1.35. The molecule has 0 saturated carbocycles. The van der Waals surface area contributed by atoms with E-state index in [0.717, 1.165) is 19.5 Å². The molecule has 1 aliphatic rings. The second-order valence-corrected chi connectivity index (χ2v) is 5.13. The summed E-state index contributed by atoms with van der Waals surface area (Å²) in [5.74, 6) is 0.242. The van der Waals surface area contributed by atoms with Crippen LogP contribution in [0.3, 0.4) is 0 Å². The van der Waals surface area contributed by atoms with Crippen LogP contribution in [0.5, 0.6) is 0 Å². The highest BCUT2D eigenvalue weighted by atomic mass is 16.2. The zero-order valence-corrected chi connectivity index (χ0v) is 10.6. The largest absolute Gasteiger partial charge is 0.341 e. The Kier molecular flexibility index (Phi) is 3.48. The predicted molar refractivity (Wildman–Crippen MR) is 68.5 cm³/mol. The van der Waals surface area contributed by atoms with Crippen LogP contribution in [0.25, 0.3) is 0 Å². The molecule has 0 bridgehead atoms. The first kappa shape index (κ1) is 12.1. The third kappa shape index (κ3) is 2.67. The van der Waals surface area contributed by atoms with Crippen molar-refractivity contribution in [3.63, 3.8) is 0 Å². The minimum absolute atomic E-state index is 0.219. The van der Waals surface area contributed by atoms with Crippen molar-refractivity contribution in [2.75, 3.05) is 20.1 Å². The van der Waals surface area contributed by atoms with E-state index in [1.54, 1.807) is 0 Å². The second kappa shape index (κ2) is 4.88. The van der Waals surface area contributed by atoms with Crippen LogP contribution in [-0.4, -0.2) is 30.9 Å². The molecule has 1 aromatic rings. The first-order chi connectivity index (χ1) is 8.12. The Labute approximate surface area is 103 Å². The lowest BCUT2D eigenvalue weighted by Crippen LogP contribution is -2.41. The molecule has 1 aromatic carbocycles. The zero-order chi connectivity index (χ0) is 12.3. The van der Waals surface area contributed by atoms with Crippen molar-refractivity contribution in [1.29, 1.82) is 0 Å². The molecule has 1 unspecified atom stereocenters. The number of nitrogens with one attached hydrogen (secondary N) is 1. The van der Waals surface area contributed by atoms with Crippen LogP contribution in [0.4, 0.5) is 0 Å². The Morgan fingerprint density at radius 1 is 1.41 bits per heavy atom. The molecule has 3 heteroatoms. The van der Waals surface area contributed by atoms with Crippen LogP contribution < -0.4 is 5.32 Å². The van der Waals surface area contributed by atoms with Gasteiger partial charge in [0.15, 0.2) is 0 Å². The van der Waals surface area contributed by atoms with Gasteiger partial charge < -0.3 is 10.2 Å². The van der Waals surface area contributed by atoms with Gasteiger partial charge in [-0.3, -0.25) is 4.79 Å². The molecule has 0 radical (unpaired) electrons. The molecule has 1 fully saturated rings. The van der Waals surface area contributed by atoms with Gasteiger partial charge in [0.05, 0.1) is 5.41 Å². The van der Waals surface area contributed by atoms with Gasteiger partial charge >= 0.3 is 0 Å². The molecule has 1 saturated heterocycles. The maximum absolute atomic E-state index is 12.4. The molecule has 1 N–H and O–H groups in total. The summed E-state index contributed by atoms with van der Waals surface area (Å²) in [6.07, 6.45) is 0.935. The van der Waals surface area contributed by atoms with Crippen LogP contribution in [0, 0.1) is 5.41 Å². The number of amides is 1. The quantitative estimate of drug-likeness (QED) is 0.859. The Balaban J connectivity index is 2.00. The first-order valence-electron chi connectivity index (χ1n) is 6.12. The lowest BCUT2D eigenvalue weighted by molar-refractivity contribution is -0.139. The van der Waals surface area contributed by atoms with Crippen molar-refractivity contribution < 1.29 is 4.79 Å². The van der Waals surface area contributed by atoms with Crippen molar-refractivity contribution >= 4 is 5.91 Å². The Morgan fingerprint density at radius 2 is 2.12 bits per heavy atom. The molecule has 92 valence electrons. The molecule has 1 aliphatic heterocycles. The number of rotatable bonds is 3. The number of hydrogen-bond donors (Lipinski definition) is 1. The Morgan fingerprint density at radius 3 is 2.71 bits per heavy atom. The van der Waals surface area contributed by atoms with Gasteiger partial charge in [-0.15, -0.1) is 0 Å². The van der Waals surface area contributed by atoms with Crippen molar-refractivity contribution in [3.05, 3.63) is 35.9 Å². The fraction of sp³-hybridized carbons (Fsp3) is 0.500. The monoisotopic (exact) mass is 232 g/mol. The molecule has 1 atom stereocenters. The normalized spacial score (nSPS) is 23.6. The standard InChI is InChI=1S/C14H20N2O/c1-14(8-9-15-11-14)13(17)16(2)10-12-6-4-3-5-7-12/h3-7,15H,8-11H2,1-2H3. The fourth-order valence-corrected chi connectivity index (χ4v) is 2.39. The van der Waals surface area contributed by atoms with Gasteiger partial charge in [0.25, 0.3) is 0 Å². The molecule has 17 heavy (non-hydrogen) atoms. The fourth-order valence-electron chi connectivity index (χ4n) is 2.39. The van der Waals surface area contributed by atoms with E-state index in [1.165, 1.54) is 5.56 Å². The number of hydrogen-bond acceptors (Lipinski definition) is 2. The molecule has 1 amide bonds. The number of carbonyl (C=O) groups is 1. The van der Waals surface area contributed by atoms with E-state index in [-0.39, 0.29) is 11.3 Å². The lowest BCUT2D eigenvalue weighted by atomic mass is 9.88. The molecule has 1 heterocycles. The van der Waals surface area contributed by atoms with Crippen molar-refractivity contribution in [2.45, 2.75) is 19.9 Å². The summed E-state index contributed by atoms with van der Waals surface area (Å²) >= 11 is 0. The van der Waals surface area contributed by atoms with Crippen LogP contribution in [0.1, 0.15) is 18.9 Å². The third-order valence-corrected chi connectivity index (χ3v) is 3.49. The number of benzene rings is 1. The molecule has 0 spiro atoms. The van der Waals surface area contributed by atoms with E-state index in [2.05, 4.69) is 24.4 Å². The average molecular weight is 232 g/mol. The summed E-state index contributed by atoms with van der Waals surface area (Å²) in [7, 11) is 1.89. The summed E-state index contributed by atoms with van der Waals surface area (Å²) < 4.78 is 0. The van der Waals surface area contributed by atoms with Crippen LogP contribution in [-0.2, 0) is 11.3 Å². The van der Waals surface area contributed by atoms with E-state index in [9.17, 15) is 4.79 Å². The highest BCUT2D eigenvalue weighted by molar-refractivity contribution is 5.82. The minimum Gasteiger partial charge on any atom is -0.341 e.